The second-order valence-electron chi connectivity index (χ2n) is 4.91. The molecule has 1 saturated heterocycles. The zero-order valence-corrected chi connectivity index (χ0v) is 9.86. The predicted octanol–water partition coefficient (Wildman–Crippen LogP) is -0.0276. The Labute approximate surface area is 99.5 Å². The quantitative estimate of drug-likeness (QED) is 0.663. The van der Waals surface area contributed by atoms with Gasteiger partial charge in [0, 0.05) is 0 Å². The van der Waals surface area contributed by atoms with Gasteiger partial charge in [0.25, 0.3) is 5.91 Å². The van der Waals surface area contributed by atoms with Crippen LogP contribution in [0.15, 0.2) is 0 Å². The molecule has 0 radical (unpaired) electrons. The monoisotopic (exact) mass is 239 g/mol. The lowest BCUT2D eigenvalue weighted by atomic mass is 9.73. The van der Waals surface area contributed by atoms with Crippen LogP contribution in [0.4, 0.5) is 4.79 Å². The molecule has 6 heteroatoms. The largest absolute Gasteiger partial charge is 0.368 e. The molecule has 1 aliphatic heterocycles. The van der Waals surface area contributed by atoms with Crippen LogP contribution in [0.3, 0.4) is 0 Å². The van der Waals surface area contributed by atoms with Crippen molar-refractivity contribution in [2.24, 2.45) is 11.7 Å². The van der Waals surface area contributed by atoms with Crippen molar-refractivity contribution >= 4 is 17.8 Å². The number of hydrogen-bond donors (Lipinski definition) is 2. The van der Waals surface area contributed by atoms with Crippen molar-refractivity contribution in [3.63, 3.8) is 0 Å². The topological polar surface area (TPSA) is 92.5 Å². The van der Waals surface area contributed by atoms with E-state index in [9.17, 15) is 14.4 Å². The highest BCUT2D eigenvalue weighted by atomic mass is 16.2. The molecule has 17 heavy (non-hydrogen) atoms. The number of imide groups is 1. The average molecular weight is 239 g/mol. The highest BCUT2D eigenvalue weighted by molar-refractivity contribution is 6.09. The lowest BCUT2D eigenvalue weighted by molar-refractivity contribution is -0.136. The number of nitrogens with one attached hydrogen (secondary N) is 1. The maximum Gasteiger partial charge on any atom is 0.325 e. The summed E-state index contributed by atoms with van der Waals surface area (Å²) in [7, 11) is 0. The summed E-state index contributed by atoms with van der Waals surface area (Å²) in [6.07, 6.45) is 3.55. The Balaban J connectivity index is 2.24. The van der Waals surface area contributed by atoms with Crippen LogP contribution in [0.2, 0.25) is 0 Å². The van der Waals surface area contributed by atoms with Gasteiger partial charge in [-0.15, -0.1) is 0 Å². The third-order valence-electron chi connectivity index (χ3n) is 3.82. The van der Waals surface area contributed by atoms with Gasteiger partial charge in [-0.1, -0.05) is 19.8 Å². The summed E-state index contributed by atoms with van der Waals surface area (Å²) in [6.45, 7) is 1.63. The minimum Gasteiger partial charge on any atom is -0.368 e. The molecule has 0 aromatic heterocycles. The third kappa shape index (κ3) is 1.77. The van der Waals surface area contributed by atoms with E-state index >= 15 is 0 Å². The van der Waals surface area contributed by atoms with Gasteiger partial charge >= 0.3 is 6.03 Å². The van der Waals surface area contributed by atoms with Gasteiger partial charge in [0.05, 0.1) is 0 Å². The van der Waals surface area contributed by atoms with E-state index in [0.717, 1.165) is 24.2 Å². The van der Waals surface area contributed by atoms with Gasteiger partial charge in [-0.05, 0) is 18.8 Å². The number of rotatable bonds is 2. The molecule has 1 saturated carbocycles. The van der Waals surface area contributed by atoms with E-state index in [2.05, 4.69) is 5.32 Å². The molecule has 2 rings (SSSR count). The number of hydrogen-bond acceptors (Lipinski definition) is 3. The lowest BCUT2D eigenvalue weighted by Gasteiger charge is -2.36. The van der Waals surface area contributed by atoms with Gasteiger partial charge in [0.15, 0.2) is 0 Å². The fourth-order valence-corrected chi connectivity index (χ4v) is 2.79. The number of amides is 4. The standard InChI is InChI=1S/C11H17N3O3/c1-7-4-2-3-5-11(7)9(16)14(6-8(12)15)10(17)13-11/h7H,2-6H2,1H3,(H2,12,15)(H,13,17)/t7-,11-/m0/s1. The van der Waals surface area contributed by atoms with Gasteiger partial charge in [-0.25, -0.2) is 4.79 Å². The molecule has 1 aliphatic carbocycles. The Morgan fingerprint density at radius 3 is 2.82 bits per heavy atom. The molecular formula is C11H17N3O3. The second-order valence-corrected chi connectivity index (χ2v) is 4.91. The smallest absolute Gasteiger partial charge is 0.325 e. The first-order chi connectivity index (χ1) is 7.97. The molecule has 2 atom stereocenters. The van der Waals surface area contributed by atoms with E-state index in [1.165, 1.54) is 0 Å². The van der Waals surface area contributed by atoms with Crippen LogP contribution < -0.4 is 11.1 Å². The summed E-state index contributed by atoms with van der Waals surface area (Å²) < 4.78 is 0. The van der Waals surface area contributed by atoms with Crippen molar-refractivity contribution in [3.05, 3.63) is 0 Å². The molecule has 0 bridgehead atoms. The molecule has 94 valence electrons. The van der Waals surface area contributed by atoms with Crippen molar-refractivity contribution in [1.29, 1.82) is 0 Å². The summed E-state index contributed by atoms with van der Waals surface area (Å²) in [6, 6.07) is -0.498. The Hall–Kier alpha value is -1.59. The van der Waals surface area contributed by atoms with Crippen LogP contribution >= 0.6 is 0 Å². The number of nitrogens with zero attached hydrogens (tertiary/aromatic N) is 1. The number of primary amides is 1. The SMILES string of the molecule is C[C@H]1CCCC[C@]12NC(=O)N(CC(N)=O)C2=O. The molecule has 1 heterocycles. The van der Waals surface area contributed by atoms with Crippen LogP contribution in [0.1, 0.15) is 32.6 Å². The maximum atomic E-state index is 12.3. The lowest BCUT2D eigenvalue weighted by Crippen LogP contribution is -2.54. The second kappa shape index (κ2) is 4.01. The minimum absolute atomic E-state index is 0.102. The minimum atomic E-state index is -0.801. The van der Waals surface area contributed by atoms with E-state index in [-0.39, 0.29) is 18.4 Å². The Bertz CT molecular complexity index is 382. The number of carbonyl (C=O) groups is 3. The van der Waals surface area contributed by atoms with Gasteiger partial charge < -0.3 is 11.1 Å². The third-order valence-corrected chi connectivity index (χ3v) is 3.82. The Kier molecular flexibility index (Phi) is 2.81. The molecule has 2 aliphatic rings. The fraction of sp³-hybridized carbons (Fsp3) is 0.727. The summed E-state index contributed by atoms with van der Waals surface area (Å²) in [5.74, 6) is -0.868. The first-order valence-corrected chi connectivity index (χ1v) is 5.90. The summed E-state index contributed by atoms with van der Waals surface area (Å²) in [5, 5.41) is 2.75. The van der Waals surface area contributed by atoms with Crippen LogP contribution in [0.5, 0.6) is 0 Å². The van der Waals surface area contributed by atoms with Crippen LogP contribution in [-0.4, -0.2) is 34.8 Å². The van der Waals surface area contributed by atoms with Crippen molar-refractivity contribution in [1.82, 2.24) is 10.2 Å². The van der Waals surface area contributed by atoms with E-state index in [4.69, 9.17) is 5.73 Å². The molecule has 0 aromatic carbocycles. The predicted molar refractivity (Wildman–Crippen MR) is 59.8 cm³/mol. The van der Waals surface area contributed by atoms with Crippen LogP contribution in [-0.2, 0) is 9.59 Å². The summed E-state index contributed by atoms with van der Waals surface area (Å²) in [5.41, 5.74) is 4.24. The maximum absolute atomic E-state index is 12.3. The first kappa shape index (κ1) is 11.9. The Morgan fingerprint density at radius 1 is 1.53 bits per heavy atom. The van der Waals surface area contributed by atoms with Crippen molar-refractivity contribution < 1.29 is 14.4 Å². The molecular weight excluding hydrogens is 222 g/mol. The number of urea groups is 1. The van der Waals surface area contributed by atoms with Crippen LogP contribution in [0, 0.1) is 5.92 Å². The van der Waals surface area contributed by atoms with Crippen molar-refractivity contribution in [2.75, 3.05) is 6.54 Å². The molecule has 4 amide bonds. The highest BCUT2D eigenvalue weighted by Gasteiger charge is 2.54. The van der Waals surface area contributed by atoms with E-state index in [1.54, 1.807) is 0 Å². The highest BCUT2D eigenvalue weighted by Crippen LogP contribution is 2.37. The fourth-order valence-electron chi connectivity index (χ4n) is 2.79. The average Bonchev–Trinajstić information content (AvgIpc) is 2.48. The zero-order valence-electron chi connectivity index (χ0n) is 9.86. The van der Waals surface area contributed by atoms with E-state index < -0.39 is 17.5 Å². The molecule has 1 spiro atoms. The summed E-state index contributed by atoms with van der Waals surface area (Å²) >= 11 is 0. The van der Waals surface area contributed by atoms with E-state index in [1.807, 2.05) is 6.92 Å². The normalized spacial score (nSPS) is 33.0. The number of nitrogens with two attached hydrogens (primary N) is 1. The summed E-state index contributed by atoms with van der Waals surface area (Å²) in [4.78, 5) is 35.8. The molecule has 6 nitrogen and oxygen atoms in total. The van der Waals surface area contributed by atoms with Gasteiger partial charge in [-0.2, -0.15) is 0 Å². The van der Waals surface area contributed by atoms with Crippen molar-refractivity contribution in [3.8, 4) is 0 Å². The zero-order chi connectivity index (χ0) is 12.6. The van der Waals surface area contributed by atoms with Gasteiger partial charge in [0.1, 0.15) is 12.1 Å². The molecule has 0 unspecified atom stereocenters. The van der Waals surface area contributed by atoms with Crippen molar-refractivity contribution in [2.45, 2.75) is 38.1 Å². The Morgan fingerprint density at radius 2 is 2.24 bits per heavy atom. The van der Waals surface area contributed by atoms with E-state index in [0.29, 0.717) is 6.42 Å². The van der Waals surface area contributed by atoms with Gasteiger partial charge in [-0.3, -0.25) is 14.5 Å². The van der Waals surface area contributed by atoms with Crippen LogP contribution in [0.25, 0.3) is 0 Å². The molecule has 3 N–H and O–H groups in total. The molecule has 2 fully saturated rings. The van der Waals surface area contributed by atoms with Gasteiger partial charge in [0.2, 0.25) is 5.91 Å². The first-order valence-electron chi connectivity index (χ1n) is 5.90. The molecule has 0 aromatic rings. The number of carbonyl (C=O) groups excluding carboxylic acids is 3.